The van der Waals surface area contributed by atoms with Gasteiger partial charge in [-0.15, -0.1) is 10.2 Å². The van der Waals surface area contributed by atoms with Crippen molar-refractivity contribution in [1.29, 1.82) is 0 Å². The van der Waals surface area contributed by atoms with Crippen molar-refractivity contribution in [1.82, 2.24) is 19.7 Å². The molecule has 3 rings (SSSR count). The Balaban J connectivity index is 1.69. The largest absolute Gasteiger partial charge is 0.341 e. The van der Waals surface area contributed by atoms with Crippen molar-refractivity contribution in [2.24, 2.45) is 18.9 Å². The Hall–Kier alpha value is -2.07. The van der Waals surface area contributed by atoms with E-state index >= 15 is 0 Å². The Kier molecular flexibility index (Phi) is 7.31. The number of carbonyl (C=O) groups is 1. The fourth-order valence-corrected chi connectivity index (χ4v) is 5.62. The van der Waals surface area contributed by atoms with Gasteiger partial charge in [-0.05, 0) is 37.3 Å². The lowest BCUT2D eigenvalue weighted by molar-refractivity contribution is -0.130. The molecule has 31 heavy (non-hydrogen) atoms. The van der Waals surface area contributed by atoms with E-state index in [0.717, 1.165) is 25.1 Å². The summed E-state index contributed by atoms with van der Waals surface area (Å²) in [5.74, 6) is 1.94. The summed E-state index contributed by atoms with van der Waals surface area (Å²) in [7, 11) is -1.71. The number of aryl methyl sites for hydroxylation is 1. The van der Waals surface area contributed by atoms with Crippen LogP contribution in [0.15, 0.2) is 29.4 Å². The minimum atomic E-state index is -3.50. The van der Waals surface area contributed by atoms with Gasteiger partial charge < -0.3 is 9.47 Å². The zero-order chi connectivity index (χ0) is 22.8. The molecule has 2 aromatic rings. The van der Waals surface area contributed by atoms with Gasteiger partial charge in [-0.1, -0.05) is 43.3 Å². The molecule has 0 N–H and O–H groups in total. The van der Waals surface area contributed by atoms with E-state index < -0.39 is 10.0 Å². The zero-order valence-electron chi connectivity index (χ0n) is 18.8. The van der Waals surface area contributed by atoms with Gasteiger partial charge in [0, 0.05) is 20.1 Å². The Bertz CT molecular complexity index is 1010. The molecule has 0 aliphatic carbocycles. The number of carbonyl (C=O) groups excluding carboxylic acids is 1. The minimum absolute atomic E-state index is 0.0705. The quantitative estimate of drug-likeness (QED) is 0.584. The van der Waals surface area contributed by atoms with Gasteiger partial charge in [-0.3, -0.25) is 9.10 Å². The molecule has 1 aliphatic rings. The molecule has 2 heterocycles. The molecule has 1 aromatic carbocycles. The van der Waals surface area contributed by atoms with Crippen molar-refractivity contribution in [2.45, 2.75) is 38.9 Å². The standard InChI is InChI=1S/C21H31N5O3S2/c1-15-6-8-18(9-7-15)26(31(5,28)29)13-19-22-23-21(24(19)4)30-14-20(27)25-11-16(2)10-17(3)12-25/h6-9,16-17H,10-14H2,1-5H3/t16-,17-/m0/s1. The van der Waals surface area contributed by atoms with Gasteiger partial charge in [0.1, 0.15) is 0 Å². The second-order valence-electron chi connectivity index (χ2n) is 8.60. The van der Waals surface area contributed by atoms with E-state index in [9.17, 15) is 13.2 Å². The van der Waals surface area contributed by atoms with E-state index in [-0.39, 0.29) is 12.5 Å². The first-order chi connectivity index (χ1) is 14.5. The maximum Gasteiger partial charge on any atom is 0.233 e. The lowest BCUT2D eigenvalue weighted by atomic mass is 9.92. The Morgan fingerprint density at radius 1 is 1.16 bits per heavy atom. The highest BCUT2D eigenvalue weighted by molar-refractivity contribution is 7.99. The SMILES string of the molecule is Cc1ccc(N(Cc2nnc(SCC(=O)N3C[C@@H](C)C[C@H](C)C3)n2C)S(C)(=O)=O)cc1. The van der Waals surface area contributed by atoms with Crippen LogP contribution in [-0.4, -0.2) is 59.1 Å². The fourth-order valence-electron chi connectivity index (χ4n) is 3.93. The normalized spacial score (nSPS) is 19.5. The lowest BCUT2D eigenvalue weighted by Gasteiger charge is -2.34. The van der Waals surface area contributed by atoms with Crippen LogP contribution in [0.2, 0.25) is 0 Å². The average molecular weight is 466 g/mol. The molecule has 0 radical (unpaired) electrons. The number of piperidine rings is 1. The number of aromatic nitrogens is 3. The van der Waals surface area contributed by atoms with Crippen LogP contribution in [0.3, 0.4) is 0 Å². The topological polar surface area (TPSA) is 88.4 Å². The van der Waals surface area contributed by atoms with Gasteiger partial charge in [0.25, 0.3) is 0 Å². The van der Waals surface area contributed by atoms with Crippen LogP contribution in [0.4, 0.5) is 5.69 Å². The van der Waals surface area contributed by atoms with Crippen LogP contribution < -0.4 is 4.31 Å². The summed E-state index contributed by atoms with van der Waals surface area (Å²) in [5.41, 5.74) is 1.63. The Morgan fingerprint density at radius 2 is 1.77 bits per heavy atom. The van der Waals surface area contributed by atoms with Crippen molar-refractivity contribution in [3.05, 3.63) is 35.7 Å². The zero-order valence-corrected chi connectivity index (χ0v) is 20.4. The van der Waals surface area contributed by atoms with Crippen LogP contribution in [0.5, 0.6) is 0 Å². The third-order valence-corrected chi connectivity index (χ3v) is 7.62. The molecule has 0 saturated carbocycles. The molecule has 0 unspecified atom stereocenters. The number of benzene rings is 1. The molecule has 1 amide bonds. The summed E-state index contributed by atoms with van der Waals surface area (Å²) in [6, 6.07) is 7.31. The van der Waals surface area contributed by atoms with Crippen molar-refractivity contribution >= 4 is 33.4 Å². The summed E-state index contributed by atoms with van der Waals surface area (Å²) >= 11 is 1.33. The van der Waals surface area contributed by atoms with E-state index in [0.29, 0.717) is 34.3 Å². The molecule has 2 atom stereocenters. The van der Waals surface area contributed by atoms with Gasteiger partial charge >= 0.3 is 0 Å². The highest BCUT2D eigenvalue weighted by Gasteiger charge is 2.26. The van der Waals surface area contributed by atoms with Crippen LogP contribution in [0.1, 0.15) is 31.7 Å². The Morgan fingerprint density at radius 3 is 2.35 bits per heavy atom. The van der Waals surface area contributed by atoms with Gasteiger partial charge in [0.05, 0.1) is 24.2 Å². The summed E-state index contributed by atoms with van der Waals surface area (Å²) < 4.78 is 27.9. The smallest absolute Gasteiger partial charge is 0.233 e. The summed E-state index contributed by atoms with van der Waals surface area (Å²) in [6.07, 6.45) is 2.33. The van der Waals surface area contributed by atoms with E-state index in [1.54, 1.807) is 23.7 Å². The second-order valence-corrected chi connectivity index (χ2v) is 11.4. The van der Waals surface area contributed by atoms with Gasteiger partial charge in [0.2, 0.25) is 15.9 Å². The number of rotatable bonds is 7. The van der Waals surface area contributed by atoms with Gasteiger partial charge in [0.15, 0.2) is 11.0 Å². The molecule has 1 fully saturated rings. The van der Waals surface area contributed by atoms with Crippen molar-refractivity contribution in [3.8, 4) is 0 Å². The van der Waals surface area contributed by atoms with Gasteiger partial charge in [-0.2, -0.15) is 0 Å². The van der Waals surface area contributed by atoms with Crippen LogP contribution in [0, 0.1) is 18.8 Å². The molecule has 10 heteroatoms. The number of likely N-dealkylation sites (tertiary alicyclic amines) is 1. The predicted octanol–water partition coefficient (Wildman–Crippen LogP) is 2.69. The number of amides is 1. The third kappa shape index (κ3) is 6.00. The van der Waals surface area contributed by atoms with Crippen molar-refractivity contribution in [3.63, 3.8) is 0 Å². The van der Waals surface area contributed by atoms with Crippen LogP contribution >= 0.6 is 11.8 Å². The molecule has 1 aromatic heterocycles. The van der Waals surface area contributed by atoms with Crippen LogP contribution in [0.25, 0.3) is 0 Å². The monoisotopic (exact) mass is 465 g/mol. The molecule has 8 nitrogen and oxygen atoms in total. The molecule has 1 saturated heterocycles. The summed E-state index contributed by atoms with van der Waals surface area (Å²) in [4.78, 5) is 14.6. The van der Waals surface area contributed by atoms with Crippen molar-refractivity contribution in [2.75, 3.05) is 29.4 Å². The van der Waals surface area contributed by atoms with Crippen molar-refractivity contribution < 1.29 is 13.2 Å². The summed E-state index contributed by atoms with van der Waals surface area (Å²) in [6.45, 7) is 7.98. The first-order valence-corrected chi connectivity index (χ1v) is 13.2. The Labute approximate surface area is 189 Å². The van der Waals surface area contributed by atoms with E-state index in [4.69, 9.17) is 0 Å². The molecule has 0 bridgehead atoms. The number of hydrogen-bond donors (Lipinski definition) is 0. The van der Waals surface area contributed by atoms with E-state index in [2.05, 4.69) is 24.0 Å². The highest BCUT2D eigenvalue weighted by Crippen LogP contribution is 2.24. The molecular weight excluding hydrogens is 434 g/mol. The number of thioether (sulfide) groups is 1. The molecule has 0 spiro atoms. The highest BCUT2D eigenvalue weighted by atomic mass is 32.2. The lowest BCUT2D eigenvalue weighted by Crippen LogP contribution is -2.43. The molecule has 170 valence electrons. The fraction of sp³-hybridized carbons (Fsp3) is 0.571. The first kappa shape index (κ1) is 23.6. The van der Waals surface area contributed by atoms with E-state index in [1.165, 1.54) is 22.3 Å². The third-order valence-electron chi connectivity index (χ3n) is 5.48. The average Bonchev–Trinajstić information content (AvgIpc) is 3.03. The maximum absolute atomic E-state index is 12.7. The maximum atomic E-state index is 12.7. The number of anilines is 1. The molecule has 1 aliphatic heterocycles. The first-order valence-electron chi connectivity index (χ1n) is 10.4. The second kappa shape index (κ2) is 9.60. The minimum Gasteiger partial charge on any atom is -0.341 e. The van der Waals surface area contributed by atoms with Gasteiger partial charge in [-0.25, -0.2) is 8.42 Å². The number of sulfonamides is 1. The molecular formula is C21H31N5O3S2. The summed E-state index contributed by atoms with van der Waals surface area (Å²) in [5, 5.41) is 8.97. The van der Waals surface area contributed by atoms with Crippen LogP contribution in [-0.2, 0) is 28.4 Å². The number of nitrogens with zero attached hydrogens (tertiary/aromatic N) is 5. The number of hydrogen-bond acceptors (Lipinski definition) is 6. The van der Waals surface area contributed by atoms with E-state index in [1.807, 2.05) is 24.0 Å². The predicted molar refractivity (Wildman–Crippen MR) is 123 cm³/mol.